The summed E-state index contributed by atoms with van der Waals surface area (Å²) in [6, 6.07) is 16.3. The quantitative estimate of drug-likeness (QED) is 0.710. The van der Waals surface area contributed by atoms with Crippen LogP contribution in [0.25, 0.3) is 0 Å². The van der Waals surface area contributed by atoms with Gasteiger partial charge >= 0.3 is 0 Å². The molecule has 0 atom stereocenters. The zero-order chi connectivity index (χ0) is 15.4. The molecule has 2 aromatic carbocycles. The summed E-state index contributed by atoms with van der Waals surface area (Å²) in [7, 11) is 0. The summed E-state index contributed by atoms with van der Waals surface area (Å²) in [5.74, 6) is 1.05. The summed E-state index contributed by atoms with van der Waals surface area (Å²) in [6.07, 6.45) is 4.67. The van der Waals surface area contributed by atoms with Crippen molar-refractivity contribution in [2.24, 2.45) is 5.73 Å². The molecule has 0 unspecified atom stereocenters. The Kier molecular flexibility index (Phi) is 4.21. The molecule has 0 aliphatic heterocycles. The summed E-state index contributed by atoms with van der Waals surface area (Å²) in [5, 5.41) is 0. The maximum Gasteiger partial charge on any atom is 0.113 e. The van der Waals surface area contributed by atoms with Gasteiger partial charge in [-0.25, -0.2) is 4.98 Å². The number of imidazole rings is 1. The predicted octanol–water partition coefficient (Wildman–Crippen LogP) is 2.56. The molecule has 0 aliphatic carbocycles. The molecule has 4 nitrogen and oxygen atoms in total. The highest BCUT2D eigenvalue weighted by Crippen LogP contribution is 2.13. The minimum Gasteiger partial charge on any atom is -0.399 e. The maximum absolute atomic E-state index is 5.73. The van der Waals surface area contributed by atoms with Crippen molar-refractivity contribution in [2.45, 2.75) is 19.5 Å². The number of nitrogens with zero attached hydrogens (tertiary/aromatic N) is 2. The van der Waals surface area contributed by atoms with Crippen molar-refractivity contribution in [3.8, 4) is 0 Å². The number of benzene rings is 2. The van der Waals surface area contributed by atoms with E-state index >= 15 is 0 Å². The molecule has 0 spiro atoms. The van der Waals surface area contributed by atoms with Gasteiger partial charge in [-0.3, -0.25) is 0 Å². The van der Waals surface area contributed by atoms with Gasteiger partial charge in [-0.05, 0) is 28.8 Å². The third-order valence-electron chi connectivity index (χ3n) is 3.76. The van der Waals surface area contributed by atoms with Gasteiger partial charge in [-0.15, -0.1) is 0 Å². The van der Waals surface area contributed by atoms with Crippen LogP contribution in [0.5, 0.6) is 0 Å². The van der Waals surface area contributed by atoms with E-state index in [0.29, 0.717) is 6.54 Å². The van der Waals surface area contributed by atoms with Crippen molar-refractivity contribution in [1.29, 1.82) is 0 Å². The van der Waals surface area contributed by atoms with E-state index in [1.165, 1.54) is 11.1 Å². The standard InChI is InChI=1S/C18H20N4/c19-12-15-1-3-16(4-2-15)13-22-10-9-21-18(22)11-14-5-7-17(20)8-6-14/h1-10H,11-13,19-20H2. The highest BCUT2D eigenvalue weighted by molar-refractivity contribution is 5.40. The Morgan fingerprint density at radius 1 is 0.864 bits per heavy atom. The summed E-state index contributed by atoms with van der Waals surface area (Å²) in [5.41, 5.74) is 15.7. The molecular formula is C18H20N4. The van der Waals surface area contributed by atoms with Crippen molar-refractivity contribution in [1.82, 2.24) is 9.55 Å². The molecule has 0 fully saturated rings. The zero-order valence-corrected chi connectivity index (χ0v) is 12.4. The van der Waals surface area contributed by atoms with Crippen LogP contribution in [0, 0.1) is 0 Å². The van der Waals surface area contributed by atoms with Gasteiger partial charge < -0.3 is 16.0 Å². The molecule has 0 aliphatic rings. The Balaban J connectivity index is 1.75. The molecule has 4 N–H and O–H groups in total. The van der Waals surface area contributed by atoms with Gasteiger partial charge in [0, 0.05) is 37.6 Å². The lowest BCUT2D eigenvalue weighted by atomic mass is 10.1. The fourth-order valence-electron chi connectivity index (χ4n) is 2.45. The number of nitrogens with two attached hydrogens (primary N) is 2. The van der Waals surface area contributed by atoms with Crippen molar-refractivity contribution in [3.63, 3.8) is 0 Å². The SMILES string of the molecule is NCc1ccc(Cn2ccnc2Cc2ccc(N)cc2)cc1. The first kappa shape index (κ1) is 14.4. The number of anilines is 1. The molecule has 0 bridgehead atoms. The van der Waals surface area contributed by atoms with Crippen LogP contribution in [-0.4, -0.2) is 9.55 Å². The smallest absolute Gasteiger partial charge is 0.113 e. The summed E-state index contributed by atoms with van der Waals surface area (Å²) in [6.45, 7) is 1.39. The molecular weight excluding hydrogens is 272 g/mol. The number of nitrogen functional groups attached to an aromatic ring is 1. The van der Waals surface area contributed by atoms with Crippen LogP contribution in [-0.2, 0) is 19.5 Å². The first-order chi connectivity index (χ1) is 10.7. The summed E-state index contributed by atoms with van der Waals surface area (Å²) in [4.78, 5) is 4.48. The lowest BCUT2D eigenvalue weighted by Gasteiger charge is -2.09. The molecule has 1 heterocycles. The Bertz CT molecular complexity index is 727. The Morgan fingerprint density at radius 2 is 1.50 bits per heavy atom. The molecule has 22 heavy (non-hydrogen) atoms. The highest BCUT2D eigenvalue weighted by atomic mass is 15.1. The topological polar surface area (TPSA) is 69.9 Å². The molecule has 1 aromatic heterocycles. The van der Waals surface area contributed by atoms with Gasteiger partial charge in [0.2, 0.25) is 0 Å². The van der Waals surface area contributed by atoms with Crippen LogP contribution < -0.4 is 11.5 Å². The molecule has 0 saturated heterocycles. The second kappa shape index (κ2) is 6.45. The van der Waals surface area contributed by atoms with Crippen LogP contribution in [0.15, 0.2) is 60.9 Å². The zero-order valence-electron chi connectivity index (χ0n) is 12.4. The molecule has 0 radical (unpaired) electrons. The van der Waals surface area contributed by atoms with E-state index in [9.17, 15) is 0 Å². The van der Waals surface area contributed by atoms with E-state index in [1.54, 1.807) is 0 Å². The molecule has 0 saturated carbocycles. The van der Waals surface area contributed by atoms with E-state index in [-0.39, 0.29) is 0 Å². The van der Waals surface area contributed by atoms with Crippen molar-refractivity contribution in [2.75, 3.05) is 5.73 Å². The monoisotopic (exact) mass is 292 g/mol. The second-order valence-corrected chi connectivity index (χ2v) is 5.41. The second-order valence-electron chi connectivity index (χ2n) is 5.41. The van der Waals surface area contributed by atoms with Crippen molar-refractivity contribution >= 4 is 5.69 Å². The molecule has 112 valence electrons. The van der Waals surface area contributed by atoms with E-state index in [0.717, 1.165) is 30.0 Å². The maximum atomic E-state index is 5.73. The normalized spacial score (nSPS) is 10.8. The number of hydrogen-bond donors (Lipinski definition) is 2. The molecule has 3 aromatic rings. The highest BCUT2D eigenvalue weighted by Gasteiger charge is 2.05. The fourth-order valence-corrected chi connectivity index (χ4v) is 2.45. The van der Waals surface area contributed by atoms with Gasteiger partial charge in [0.1, 0.15) is 5.82 Å². The van der Waals surface area contributed by atoms with Crippen LogP contribution in [0.2, 0.25) is 0 Å². The van der Waals surface area contributed by atoms with Crippen LogP contribution in [0.3, 0.4) is 0 Å². The Labute approximate surface area is 130 Å². The first-order valence-corrected chi connectivity index (χ1v) is 7.37. The number of hydrogen-bond acceptors (Lipinski definition) is 3. The van der Waals surface area contributed by atoms with Crippen LogP contribution >= 0.6 is 0 Å². The van der Waals surface area contributed by atoms with Crippen LogP contribution in [0.4, 0.5) is 5.69 Å². The lowest BCUT2D eigenvalue weighted by molar-refractivity contribution is 0.740. The predicted molar refractivity (Wildman–Crippen MR) is 89.3 cm³/mol. The Morgan fingerprint density at radius 3 is 2.18 bits per heavy atom. The average Bonchev–Trinajstić information content (AvgIpc) is 2.97. The molecule has 0 amide bonds. The van der Waals surface area contributed by atoms with E-state index < -0.39 is 0 Å². The minimum atomic E-state index is 0.577. The molecule has 3 rings (SSSR count). The summed E-state index contributed by atoms with van der Waals surface area (Å²) < 4.78 is 2.17. The number of aromatic nitrogens is 2. The number of rotatable bonds is 5. The summed E-state index contributed by atoms with van der Waals surface area (Å²) >= 11 is 0. The van der Waals surface area contributed by atoms with Crippen molar-refractivity contribution < 1.29 is 0 Å². The van der Waals surface area contributed by atoms with Gasteiger partial charge in [0.25, 0.3) is 0 Å². The minimum absolute atomic E-state index is 0.577. The van der Waals surface area contributed by atoms with Gasteiger partial charge in [-0.1, -0.05) is 36.4 Å². The van der Waals surface area contributed by atoms with Crippen LogP contribution in [0.1, 0.15) is 22.5 Å². The van der Waals surface area contributed by atoms with E-state index in [2.05, 4.69) is 33.8 Å². The third-order valence-corrected chi connectivity index (χ3v) is 3.76. The third kappa shape index (κ3) is 3.35. The first-order valence-electron chi connectivity index (χ1n) is 7.37. The van der Waals surface area contributed by atoms with Gasteiger partial charge in [-0.2, -0.15) is 0 Å². The molecule has 4 heteroatoms. The average molecular weight is 292 g/mol. The van der Waals surface area contributed by atoms with Gasteiger partial charge in [0.05, 0.1) is 0 Å². The lowest BCUT2D eigenvalue weighted by Crippen LogP contribution is -2.05. The van der Waals surface area contributed by atoms with Crippen molar-refractivity contribution in [3.05, 3.63) is 83.4 Å². The largest absolute Gasteiger partial charge is 0.399 e. The fraction of sp³-hybridized carbons (Fsp3) is 0.167. The van der Waals surface area contributed by atoms with Gasteiger partial charge in [0.15, 0.2) is 0 Å². The Hall–Kier alpha value is -2.59. The van der Waals surface area contributed by atoms with E-state index in [4.69, 9.17) is 11.5 Å². The van der Waals surface area contributed by atoms with E-state index in [1.807, 2.05) is 36.7 Å².